The lowest BCUT2D eigenvalue weighted by atomic mass is 10.0. The van der Waals surface area contributed by atoms with Crippen molar-refractivity contribution in [1.82, 2.24) is 4.98 Å². The van der Waals surface area contributed by atoms with Crippen LogP contribution in [0.5, 0.6) is 0 Å². The van der Waals surface area contributed by atoms with E-state index in [-0.39, 0.29) is 5.97 Å². The van der Waals surface area contributed by atoms with E-state index in [0.29, 0.717) is 4.88 Å². The maximum atomic E-state index is 11.0. The fraction of sp³-hybridized carbons (Fsp3) is 0.333. The number of aromatic nitrogens is 1. The van der Waals surface area contributed by atoms with Crippen LogP contribution in [0.25, 0.3) is 0 Å². The molecule has 0 aliphatic carbocycles. The first kappa shape index (κ1) is 8.26. The molecule has 0 atom stereocenters. The second-order valence-corrected chi connectivity index (χ2v) is 3.34. The van der Waals surface area contributed by atoms with Crippen molar-refractivity contribution in [3.8, 4) is 0 Å². The third kappa shape index (κ3) is 1.60. The van der Waals surface area contributed by atoms with Crippen LogP contribution in [0.1, 0.15) is 14.7 Å². The summed E-state index contributed by atoms with van der Waals surface area (Å²) in [4.78, 5) is 15.7. The number of ether oxygens (including phenoxy) is 1. The van der Waals surface area contributed by atoms with Crippen LogP contribution in [0.3, 0.4) is 0 Å². The number of hydrogen-bond acceptors (Lipinski definition) is 4. The SMILES string of the molecule is Bc1nc(C)sc1C(=O)OC. The largest absolute Gasteiger partial charge is 0.465 e. The number of thiazole rings is 1. The molecule has 0 bridgehead atoms. The zero-order valence-corrected chi connectivity index (χ0v) is 7.49. The van der Waals surface area contributed by atoms with E-state index in [1.165, 1.54) is 18.4 Å². The number of carbonyl (C=O) groups excluding carboxylic acids is 1. The Balaban J connectivity index is 3.03. The van der Waals surface area contributed by atoms with Gasteiger partial charge in [0, 0.05) is 5.59 Å². The van der Waals surface area contributed by atoms with Gasteiger partial charge >= 0.3 is 5.97 Å². The minimum absolute atomic E-state index is 0.298. The molecule has 58 valence electrons. The normalized spacial score (nSPS) is 9.64. The molecule has 0 spiro atoms. The van der Waals surface area contributed by atoms with Gasteiger partial charge in [-0.15, -0.1) is 11.3 Å². The molecule has 0 amide bonds. The Morgan fingerprint density at radius 3 is 2.73 bits per heavy atom. The first-order valence-electron chi connectivity index (χ1n) is 3.17. The highest BCUT2D eigenvalue weighted by atomic mass is 32.1. The fourth-order valence-corrected chi connectivity index (χ4v) is 1.65. The Kier molecular flexibility index (Phi) is 2.29. The third-order valence-corrected chi connectivity index (χ3v) is 2.33. The molecule has 1 heterocycles. The van der Waals surface area contributed by atoms with E-state index in [2.05, 4.69) is 9.72 Å². The van der Waals surface area contributed by atoms with E-state index in [4.69, 9.17) is 0 Å². The molecule has 0 saturated carbocycles. The molecule has 0 aliphatic heterocycles. The summed E-state index contributed by atoms with van der Waals surface area (Å²) in [6.45, 7) is 1.87. The Hall–Kier alpha value is -0.835. The van der Waals surface area contributed by atoms with Crippen molar-refractivity contribution in [3.05, 3.63) is 9.88 Å². The van der Waals surface area contributed by atoms with Gasteiger partial charge in [-0.3, -0.25) is 4.98 Å². The van der Waals surface area contributed by atoms with Gasteiger partial charge in [0.05, 0.1) is 12.1 Å². The molecule has 11 heavy (non-hydrogen) atoms. The Morgan fingerprint density at radius 1 is 1.73 bits per heavy atom. The molecule has 0 radical (unpaired) electrons. The standard InChI is InChI=1S/C6H8BNO2S/c1-3-8-5(7)4(11-3)6(9)10-2/h7H2,1-2H3. The van der Waals surface area contributed by atoms with Crippen LogP contribution >= 0.6 is 11.3 Å². The van der Waals surface area contributed by atoms with E-state index >= 15 is 0 Å². The Labute approximate surface area is 69.8 Å². The summed E-state index contributed by atoms with van der Waals surface area (Å²) in [6.07, 6.45) is 0. The topological polar surface area (TPSA) is 39.2 Å². The second-order valence-electron chi connectivity index (χ2n) is 2.14. The smallest absolute Gasteiger partial charge is 0.349 e. The van der Waals surface area contributed by atoms with Crippen LogP contribution in [-0.4, -0.2) is 25.9 Å². The molecule has 1 rings (SSSR count). The van der Waals surface area contributed by atoms with Gasteiger partial charge in [0.25, 0.3) is 0 Å². The van der Waals surface area contributed by atoms with Crippen LogP contribution in [0.15, 0.2) is 0 Å². The van der Waals surface area contributed by atoms with E-state index in [0.717, 1.165) is 10.6 Å². The van der Waals surface area contributed by atoms with Gasteiger partial charge < -0.3 is 4.74 Å². The predicted molar refractivity (Wildman–Crippen MR) is 46.4 cm³/mol. The van der Waals surface area contributed by atoms with Crippen molar-refractivity contribution in [3.63, 3.8) is 0 Å². The van der Waals surface area contributed by atoms with Gasteiger partial charge in [0.15, 0.2) is 7.85 Å². The maximum Gasteiger partial charge on any atom is 0.349 e. The number of rotatable bonds is 1. The lowest BCUT2D eigenvalue weighted by Crippen LogP contribution is -2.14. The molecule has 0 unspecified atom stereocenters. The quantitative estimate of drug-likeness (QED) is 0.420. The van der Waals surface area contributed by atoms with Gasteiger partial charge in [-0.1, -0.05) is 0 Å². The van der Waals surface area contributed by atoms with E-state index in [9.17, 15) is 4.79 Å². The van der Waals surface area contributed by atoms with Gasteiger partial charge in [0.2, 0.25) is 0 Å². The average molecular weight is 169 g/mol. The lowest BCUT2D eigenvalue weighted by Gasteiger charge is -1.93. The molecule has 0 N–H and O–H groups in total. The number of methoxy groups -OCH3 is 1. The molecule has 1 aromatic rings. The van der Waals surface area contributed by atoms with Gasteiger partial charge in [-0.25, -0.2) is 4.79 Å². The number of aryl methyl sites for hydroxylation is 1. The van der Waals surface area contributed by atoms with Crippen LogP contribution in [0.4, 0.5) is 0 Å². The van der Waals surface area contributed by atoms with Crippen molar-refractivity contribution in [2.45, 2.75) is 6.92 Å². The molecule has 0 saturated heterocycles. The van der Waals surface area contributed by atoms with Crippen LogP contribution in [-0.2, 0) is 4.74 Å². The Morgan fingerprint density at radius 2 is 2.36 bits per heavy atom. The second kappa shape index (κ2) is 3.05. The average Bonchev–Trinajstić information content (AvgIpc) is 2.28. The maximum absolute atomic E-state index is 11.0. The van der Waals surface area contributed by atoms with Gasteiger partial charge in [-0.05, 0) is 6.92 Å². The highest BCUT2D eigenvalue weighted by Gasteiger charge is 2.12. The monoisotopic (exact) mass is 169 g/mol. The summed E-state index contributed by atoms with van der Waals surface area (Å²) in [5.74, 6) is -0.298. The summed E-state index contributed by atoms with van der Waals surface area (Å²) in [5.41, 5.74) is 0.749. The van der Waals surface area contributed by atoms with Crippen molar-refractivity contribution in [1.29, 1.82) is 0 Å². The fourth-order valence-electron chi connectivity index (χ4n) is 0.813. The van der Waals surface area contributed by atoms with Gasteiger partial charge in [-0.2, -0.15) is 0 Å². The first-order valence-corrected chi connectivity index (χ1v) is 3.99. The third-order valence-electron chi connectivity index (χ3n) is 1.27. The summed E-state index contributed by atoms with van der Waals surface area (Å²) < 4.78 is 4.56. The first-order chi connectivity index (χ1) is 5.15. The molecule has 3 nitrogen and oxygen atoms in total. The number of carbonyl (C=O) groups is 1. The molecule has 0 aromatic carbocycles. The van der Waals surface area contributed by atoms with Crippen LogP contribution in [0.2, 0.25) is 0 Å². The summed E-state index contributed by atoms with van der Waals surface area (Å²) in [6, 6.07) is 0. The van der Waals surface area contributed by atoms with E-state index in [1.54, 1.807) is 7.85 Å². The van der Waals surface area contributed by atoms with Crippen molar-refractivity contribution in [2.75, 3.05) is 7.11 Å². The Bertz CT molecular complexity index is 284. The zero-order chi connectivity index (χ0) is 8.43. The summed E-state index contributed by atoms with van der Waals surface area (Å²) in [5, 5.41) is 0.892. The van der Waals surface area contributed by atoms with Crippen molar-refractivity contribution >= 4 is 30.7 Å². The minimum Gasteiger partial charge on any atom is -0.465 e. The van der Waals surface area contributed by atoms with Crippen LogP contribution in [0, 0.1) is 6.92 Å². The summed E-state index contributed by atoms with van der Waals surface area (Å²) in [7, 11) is 3.17. The minimum atomic E-state index is -0.298. The molecule has 0 fully saturated rings. The van der Waals surface area contributed by atoms with Gasteiger partial charge in [0.1, 0.15) is 4.88 Å². The number of hydrogen-bond donors (Lipinski definition) is 0. The van der Waals surface area contributed by atoms with E-state index < -0.39 is 0 Å². The molecule has 5 heteroatoms. The van der Waals surface area contributed by atoms with Crippen molar-refractivity contribution in [2.24, 2.45) is 0 Å². The molecule has 1 aromatic heterocycles. The highest BCUT2D eigenvalue weighted by molar-refractivity contribution is 7.14. The summed E-state index contributed by atoms with van der Waals surface area (Å²) >= 11 is 1.36. The van der Waals surface area contributed by atoms with Crippen molar-refractivity contribution < 1.29 is 9.53 Å². The van der Waals surface area contributed by atoms with Crippen LogP contribution < -0.4 is 5.59 Å². The predicted octanol–water partition coefficient (Wildman–Crippen LogP) is -0.503. The lowest BCUT2D eigenvalue weighted by molar-refractivity contribution is 0.0607. The zero-order valence-electron chi connectivity index (χ0n) is 6.67. The number of nitrogens with zero attached hydrogens (tertiary/aromatic N) is 1. The number of esters is 1. The molecular formula is C6H8BNO2S. The molecule has 0 aliphatic rings. The molecular weight excluding hydrogens is 161 g/mol. The highest BCUT2D eigenvalue weighted by Crippen LogP contribution is 2.09. The van der Waals surface area contributed by atoms with E-state index in [1.807, 2.05) is 6.92 Å².